The number of nitrogens with two attached hydrogens (primary N) is 1. The lowest BCUT2D eigenvalue weighted by Crippen LogP contribution is -2.43. The molecule has 1 saturated heterocycles. The van der Waals surface area contributed by atoms with Gasteiger partial charge in [-0.25, -0.2) is 9.97 Å². The number of pyridine rings is 2. The summed E-state index contributed by atoms with van der Waals surface area (Å²) in [5.41, 5.74) is 10.5. The molecule has 3 N–H and O–H groups in total. The average Bonchev–Trinajstić information content (AvgIpc) is 3.16. The molecule has 4 aromatic rings. The molecule has 0 bridgehead atoms. The molecule has 1 aliphatic heterocycles. The van der Waals surface area contributed by atoms with Crippen LogP contribution in [0.5, 0.6) is 0 Å². The predicted molar refractivity (Wildman–Crippen MR) is 118 cm³/mol. The van der Waals surface area contributed by atoms with Crippen LogP contribution >= 0.6 is 11.6 Å². The Bertz CT molecular complexity index is 1190. The smallest absolute Gasteiger partial charge is 0.229 e. The average molecular weight is 421 g/mol. The van der Waals surface area contributed by atoms with E-state index in [4.69, 9.17) is 22.4 Å². The molecule has 1 atom stereocenters. The maximum Gasteiger partial charge on any atom is 0.229 e. The molecule has 30 heavy (non-hydrogen) atoms. The van der Waals surface area contributed by atoms with Crippen LogP contribution in [-0.4, -0.2) is 43.7 Å². The number of hydrogen-bond donors (Lipinski definition) is 2. The normalized spacial score (nSPS) is 16.7. The van der Waals surface area contributed by atoms with Crippen LogP contribution in [0, 0.1) is 0 Å². The van der Waals surface area contributed by atoms with E-state index in [-0.39, 0.29) is 6.04 Å². The van der Waals surface area contributed by atoms with Crippen molar-refractivity contribution in [2.24, 2.45) is 5.73 Å². The Labute approximate surface area is 178 Å². The van der Waals surface area contributed by atoms with E-state index in [0.717, 1.165) is 54.1 Å². The number of nitrogens with one attached hydrogen (secondary N) is 1. The summed E-state index contributed by atoms with van der Waals surface area (Å²) in [5, 5.41) is 8.54. The number of rotatable bonds is 4. The molecule has 1 aliphatic rings. The summed E-state index contributed by atoms with van der Waals surface area (Å²) < 4.78 is 1.76. The van der Waals surface area contributed by atoms with Gasteiger partial charge in [-0.3, -0.25) is 4.98 Å². The van der Waals surface area contributed by atoms with Gasteiger partial charge >= 0.3 is 0 Å². The molecular weight excluding hydrogens is 400 g/mol. The first-order valence-corrected chi connectivity index (χ1v) is 10.2. The minimum Gasteiger partial charge on any atom is -0.368 e. The third-order valence-electron chi connectivity index (χ3n) is 5.26. The Morgan fingerprint density at radius 2 is 2.03 bits per heavy atom. The topological polar surface area (TPSA) is 97.3 Å². The Morgan fingerprint density at radius 1 is 1.10 bits per heavy atom. The van der Waals surface area contributed by atoms with Gasteiger partial charge in [-0.1, -0.05) is 11.6 Å². The first-order valence-electron chi connectivity index (χ1n) is 9.86. The standard InChI is InChI=1S/C21H21ClN8/c22-20-16(4-1-8-25-20)17-6-5-15-11-26-21(30(15)28-17)27-18-12-24-9-7-19(18)29-10-2-3-14(23)13-29/h1,4-9,11-12,14H,2-3,10,13,23H2,(H,26,27)/t14-/m0/s1. The van der Waals surface area contributed by atoms with Crippen LogP contribution in [-0.2, 0) is 0 Å². The third kappa shape index (κ3) is 3.55. The van der Waals surface area contributed by atoms with Crippen molar-refractivity contribution in [1.82, 2.24) is 24.6 Å². The summed E-state index contributed by atoms with van der Waals surface area (Å²) >= 11 is 6.26. The van der Waals surface area contributed by atoms with Gasteiger partial charge in [-0.15, -0.1) is 0 Å². The Morgan fingerprint density at radius 3 is 2.90 bits per heavy atom. The molecule has 8 nitrogen and oxygen atoms in total. The number of halogens is 1. The van der Waals surface area contributed by atoms with Crippen LogP contribution in [0.4, 0.5) is 17.3 Å². The fourth-order valence-electron chi connectivity index (χ4n) is 3.80. The summed E-state index contributed by atoms with van der Waals surface area (Å²) in [6, 6.07) is 9.79. The van der Waals surface area contributed by atoms with Gasteiger partial charge in [0.25, 0.3) is 0 Å². The van der Waals surface area contributed by atoms with Crippen LogP contribution in [0.1, 0.15) is 12.8 Å². The zero-order chi connectivity index (χ0) is 20.5. The molecule has 5 heterocycles. The summed E-state index contributed by atoms with van der Waals surface area (Å²) in [5.74, 6) is 0.599. The summed E-state index contributed by atoms with van der Waals surface area (Å²) in [4.78, 5) is 15.2. The van der Waals surface area contributed by atoms with E-state index in [1.54, 1.807) is 29.3 Å². The molecule has 152 valence electrons. The Kier molecular flexibility index (Phi) is 4.94. The monoisotopic (exact) mass is 420 g/mol. The third-order valence-corrected chi connectivity index (χ3v) is 5.56. The number of anilines is 3. The van der Waals surface area contributed by atoms with Gasteiger partial charge in [0.1, 0.15) is 5.15 Å². The van der Waals surface area contributed by atoms with Crippen LogP contribution < -0.4 is 16.0 Å². The summed E-state index contributed by atoms with van der Waals surface area (Å²) in [7, 11) is 0. The fourth-order valence-corrected chi connectivity index (χ4v) is 4.01. The van der Waals surface area contributed by atoms with Crippen molar-refractivity contribution in [2.75, 3.05) is 23.3 Å². The lowest BCUT2D eigenvalue weighted by molar-refractivity contribution is 0.506. The SMILES string of the molecule is N[C@H]1CCCN(c2ccncc2Nc2ncc3ccc(-c4cccnc4Cl)nn23)C1. The lowest BCUT2D eigenvalue weighted by Gasteiger charge is -2.33. The van der Waals surface area contributed by atoms with Crippen molar-refractivity contribution in [2.45, 2.75) is 18.9 Å². The van der Waals surface area contributed by atoms with Gasteiger partial charge in [0, 0.05) is 37.1 Å². The van der Waals surface area contributed by atoms with Crippen molar-refractivity contribution in [3.05, 3.63) is 60.3 Å². The van der Waals surface area contributed by atoms with Gasteiger partial charge in [0.15, 0.2) is 0 Å². The molecule has 0 aliphatic carbocycles. The van der Waals surface area contributed by atoms with Crippen molar-refractivity contribution in [3.8, 4) is 11.3 Å². The van der Waals surface area contributed by atoms with Gasteiger partial charge in [-0.05, 0) is 43.2 Å². The molecule has 0 radical (unpaired) electrons. The Hall–Kier alpha value is -3.23. The van der Waals surface area contributed by atoms with Crippen molar-refractivity contribution >= 4 is 34.4 Å². The number of nitrogens with zero attached hydrogens (tertiary/aromatic N) is 6. The fraction of sp³-hybridized carbons (Fsp3) is 0.238. The zero-order valence-electron chi connectivity index (χ0n) is 16.2. The lowest BCUT2D eigenvalue weighted by atomic mass is 10.1. The minimum atomic E-state index is 0.181. The highest BCUT2D eigenvalue weighted by atomic mass is 35.5. The number of aromatic nitrogens is 5. The predicted octanol–water partition coefficient (Wildman–Crippen LogP) is 3.51. The van der Waals surface area contributed by atoms with E-state index in [1.165, 1.54) is 0 Å². The summed E-state index contributed by atoms with van der Waals surface area (Å²) in [6.07, 6.45) is 9.16. The number of hydrogen-bond acceptors (Lipinski definition) is 7. The number of fused-ring (bicyclic) bond motifs is 1. The highest BCUT2D eigenvalue weighted by Gasteiger charge is 2.20. The van der Waals surface area contributed by atoms with E-state index in [1.807, 2.05) is 30.3 Å². The number of piperidine rings is 1. The minimum absolute atomic E-state index is 0.181. The van der Waals surface area contributed by atoms with E-state index in [9.17, 15) is 0 Å². The van der Waals surface area contributed by atoms with Crippen LogP contribution in [0.2, 0.25) is 5.15 Å². The molecule has 1 fully saturated rings. The number of imidazole rings is 1. The molecule has 4 aromatic heterocycles. The molecular formula is C21H21ClN8. The second-order valence-corrected chi connectivity index (χ2v) is 7.70. The van der Waals surface area contributed by atoms with Crippen LogP contribution in [0.3, 0.4) is 0 Å². The second kappa shape index (κ2) is 7.89. The molecule has 5 rings (SSSR count). The van der Waals surface area contributed by atoms with Gasteiger partial charge in [-0.2, -0.15) is 9.61 Å². The van der Waals surface area contributed by atoms with E-state index in [2.05, 4.69) is 25.2 Å². The molecule has 0 amide bonds. The maximum atomic E-state index is 6.26. The quantitative estimate of drug-likeness (QED) is 0.487. The maximum absolute atomic E-state index is 6.26. The first-order chi connectivity index (χ1) is 14.7. The summed E-state index contributed by atoms with van der Waals surface area (Å²) in [6.45, 7) is 1.79. The molecule has 0 unspecified atom stereocenters. The van der Waals surface area contributed by atoms with Crippen molar-refractivity contribution < 1.29 is 0 Å². The van der Waals surface area contributed by atoms with E-state index >= 15 is 0 Å². The van der Waals surface area contributed by atoms with Crippen molar-refractivity contribution in [3.63, 3.8) is 0 Å². The zero-order valence-corrected chi connectivity index (χ0v) is 17.0. The van der Waals surface area contributed by atoms with E-state index in [0.29, 0.717) is 11.1 Å². The van der Waals surface area contributed by atoms with E-state index < -0.39 is 0 Å². The molecule has 0 saturated carbocycles. The van der Waals surface area contributed by atoms with Gasteiger partial charge < -0.3 is 16.0 Å². The second-order valence-electron chi connectivity index (χ2n) is 7.34. The van der Waals surface area contributed by atoms with Crippen LogP contribution in [0.15, 0.2) is 55.1 Å². The highest BCUT2D eigenvalue weighted by Crippen LogP contribution is 2.30. The van der Waals surface area contributed by atoms with Crippen molar-refractivity contribution in [1.29, 1.82) is 0 Å². The molecule has 0 spiro atoms. The largest absolute Gasteiger partial charge is 0.368 e. The van der Waals surface area contributed by atoms with Crippen LogP contribution in [0.25, 0.3) is 16.8 Å². The highest BCUT2D eigenvalue weighted by molar-refractivity contribution is 6.32. The first kappa shape index (κ1) is 18.8. The molecule has 0 aromatic carbocycles. The molecule has 9 heteroatoms. The Balaban J connectivity index is 1.51. The van der Waals surface area contributed by atoms with Gasteiger partial charge in [0.05, 0.1) is 35.0 Å². The van der Waals surface area contributed by atoms with Gasteiger partial charge in [0.2, 0.25) is 5.95 Å².